The summed E-state index contributed by atoms with van der Waals surface area (Å²) in [5, 5.41) is 0. The van der Waals surface area contributed by atoms with Crippen LogP contribution in [0.1, 0.15) is 11.1 Å². The lowest BCUT2D eigenvalue weighted by Gasteiger charge is -2.25. The fourth-order valence-corrected chi connectivity index (χ4v) is 1.69. The van der Waals surface area contributed by atoms with Crippen LogP contribution in [0.3, 0.4) is 0 Å². The number of aldehydes is 1. The predicted octanol–water partition coefficient (Wildman–Crippen LogP) is 1.15. The van der Waals surface area contributed by atoms with Gasteiger partial charge in [0.25, 0.3) is 0 Å². The molecule has 1 aliphatic rings. The summed E-state index contributed by atoms with van der Waals surface area (Å²) < 4.78 is 0. The Morgan fingerprint density at radius 2 is 2.15 bits per heavy atom. The quantitative estimate of drug-likeness (QED) is 0.511. The third-order valence-corrected chi connectivity index (χ3v) is 2.41. The molecule has 0 amide bonds. The summed E-state index contributed by atoms with van der Waals surface area (Å²) in [7, 11) is 0. The first-order chi connectivity index (χ1) is 6.26. The van der Waals surface area contributed by atoms with Crippen molar-refractivity contribution >= 4 is 6.29 Å². The molecule has 0 radical (unpaired) electrons. The van der Waals surface area contributed by atoms with E-state index in [2.05, 4.69) is 0 Å². The van der Waals surface area contributed by atoms with E-state index in [9.17, 15) is 4.79 Å². The van der Waals surface area contributed by atoms with E-state index in [1.807, 2.05) is 30.3 Å². The van der Waals surface area contributed by atoms with E-state index in [-0.39, 0.29) is 0 Å². The fraction of sp³-hybridized carbons (Fsp3) is 0.182. The number of carbonyl (C=O) groups excluding carboxylic acids is 1. The molecule has 1 atom stereocenters. The first kappa shape index (κ1) is 8.20. The maximum atomic E-state index is 10.9. The minimum absolute atomic E-state index is 0.793. The summed E-state index contributed by atoms with van der Waals surface area (Å²) in [6.07, 6.45) is 5.36. The van der Waals surface area contributed by atoms with Crippen LogP contribution in [0.5, 0.6) is 0 Å². The monoisotopic (exact) mass is 173 g/mol. The number of rotatable bonds is 1. The van der Waals surface area contributed by atoms with Gasteiger partial charge in [-0.1, -0.05) is 36.4 Å². The molecule has 1 aromatic rings. The Morgan fingerprint density at radius 1 is 1.38 bits per heavy atom. The molecule has 0 spiro atoms. The first-order valence-corrected chi connectivity index (χ1v) is 4.27. The second-order valence-corrected chi connectivity index (χ2v) is 3.31. The number of nitrogens with two attached hydrogens (primary N) is 1. The van der Waals surface area contributed by atoms with Crippen molar-refractivity contribution in [2.75, 3.05) is 0 Å². The van der Waals surface area contributed by atoms with E-state index in [1.54, 1.807) is 6.08 Å². The molecular weight excluding hydrogens is 162 g/mol. The average Bonchev–Trinajstić information content (AvgIpc) is 2.19. The molecule has 66 valence electrons. The second kappa shape index (κ2) is 2.82. The van der Waals surface area contributed by atoms with Crippen molar-refractivity contribution in [2.24, 2.45) is 5.73 Å². The van der Waals surface area contributed by atoms with Crippen molar-refractivity contribution in [3.05, 3.63) is 47.5 Å². The Balaban J connectivity index is 2.60. The lowest BCUT2D eigenvalue weighted by molar-refractivity contribution is -0.111. The Morgan fingerprint density at radius 3 is 2.92 bits per heavy atom. The van der Waals surface area contributed by atoms with Crippen molar-refractivity contribution in [2.45, 2.75) is 12.0 Å². The Hall–Kier alpha value is -1.41. The molecule has 0 aliphatic heterocycles. The molecule has 1 aliphatic carbocycles. The summed E-state index contributed by atoms with van der Waals surface area (Å²) >= 11 is 0. The van der Waals surface area contributed by atoms with E-state index >= 15 is 0 Å². The second-order valence-electron chi connectivity index (χ2n) is 3.31. The highest BCUT2D eigenvalue weighted by atomic mass is 16.1. The van der Waals surface area contributed by atoms with E-state index in [0.29, 0.717) is 0 Å². The molecule has 2 N–H and O–H groups in total. The SMILES string of the molecule is N[C@@]1(C=O)C=CCc2ccccc21. The van der Waals surface area contributed by atoms with Crippen molar-refractivity contribution in [1.29, 1.82) is 0 Å². The van der Waals surface area contributed by atoms with E-state index in [4.69, 9.17) is 5.73 Å². The molecule has 1 aromatic carbocycles. The number of carbonyl (C=O) groups is 1. The third-order valence-electron chi connectivity index (χ3n) is 2.41. The van der Waals surface area contributed by atoms with Crippen LogP contribution in [-0.4, -0.2) is 6.29 Å². The first-order valence-electron chi connectivity index (χ1n) is 4.27. The Bertz CT molecular complexity index is 370. The largest absolute Gasteiger partial charge is 0.312 e. The predicted molar refractivity (Wildman–Crippen MR) is 51.2 cm³/mol. The van der Waals surface area contributed by atoms with Gasteiger partial charge in [-0.25, -0.2) is 0 Å². The Labute approximate surface area is 77.1 Å². The molecule has 0 bridgehead atoms. The maximum Gasteiger partial charge on any atom is 0.148 e. The number of allylic oxidation sites excluding steroid dienone is 1. The van der Waals surface area contributed by atoms with E-state index in [1.165, 1.54) is 0 Å². The summed E-state index contributed by atoms with van der Waals surface area (Å²) in [6.45, 7) is 0. The van der Waals surface area contributed by atoms with Crippen LogP contribution >= 0.6 is 0 Å². The van der Waals surface area contributed by atoms with Crippen LogP contribution in [-0.2, 0) is 16.8 Å². The third kappa shape index (κ3) is 1.19. The molecule has 2 nitrogen and oxygen atoms in total. The van der Waals surface area contributed by atoms with Crippen molar-refractivity contribution < 1.29 is 4.79 Å². The summed E-state index contributed by atoms with van der Waals surface area (Å²) in [5.41, 5.74) is 7.07. The molecule has 0 heterocycles. The summed E-state index contributed by atoms with van der Waals surface area (Å²) in [6, 6.07) is 7.78. The number of benzene rings is 1. The van der Waals surface area contributed by atoms with Gasteiger partial charge in [-0.2, -0.15) is 0 Å². The molecule has 0 fully saturated rings. The molecule has 0 saturated carbocycles. The van der Waals surface area contributed by atoms with Gasteiger partial charge in [0.1, 0.15) is 11.8 Å². The van der Waals surface area contributed by atoms with Gasteiger partial charge in [-0.15, -0.1) is 0 Å². The minimum Gasteiger partial charge on any atom is -0.312 e. The van der Waals surface area contributed by atoms with Crippen LogP contribution in [0.25, 0.3) is 0 Å². The summed E-state index contributed by atoms with van der Waals surface area (Å²) in [5.74, 6) is 0. The average molecular weight is 173 g/mol. The molecule has 0 unspecified atom stereocenters. The van der Waals surface area contributed by atoms with Gasteiger partial charge in [0, 0.05) is 0 Å². The van der Waals surface area contributed by atoms with Crippen molar-refractivity contribution in [3.8, 4) is 0 Å². The van der Waals surface area contributed by atoms with Gasteiger partial charge in [0.05, 0.1) is 0 Å². The highest BCUT2D eigenvalue weighted by Gasteiger charge is 2.27. The molecular formula is C11H11NO. The maximum absolute atomic E-state index is 10.9. The zero-order valence-corrected chi connectivity index (χ0v) is 7.23. The van der Waals surface area contributed by atoms with Gasteiger partial charge in [0.15, 0.2) is 0 Å². The van der Waals surface area contributed by atoms with Gasteiger partial charge in [-0.05, 0) is 17.5 Å². The van der Waals surface area contributed by atoms with Crippen LogP contribution < -0.4 is 5.73 Å². The molecule has 0 aromatic heterocycles. The van der Waals surface area contributed by atoms with Crippen molar-refractivity contribution in [3.63, 3.8) is 0 Å². The normalized spacial score (nSPS) is 25.3. The molecule has 2 rings (SSSR count). The Kier molecular flexibility index (Phi) is 1.78. The standard InChI is InChI=1S/C11H11NO/c12-11(8-13)7-3-5-9-4-1-2-6-10(9)11/h1-4,6-8H,5,12H2/t11-/m1/s1. The lowest BCUT2D eigenvalue weighted by Crippen LogP contribution is -2.38. The smallest absolute Gasteiger partial charge is 0.148 e. The van der Waals surface area contributed by atoms with Gasteiger partial charge < -0.3 is 10.5 Å². The van der Waals surface area contributed by atoms with Gasteiger partial charge in [-0.3, -0.25) is 0 Å². The van der Waals surface area contributed by atoms with Gasteiger partial charge in [0.2, 0.25) is 0 Å². The van der Waals surface area contributed by atoms with E-state index in [0.717, 1.165) is 23.8 Å². The highest BCUT2D eigenvalue weighted by Crippen LogP contribution is 2.26. The highest BCUT2D eigenvalue weighted by molar-refractivity contribution is 5.73. The van der Waals surface area contributed by atoms with Gasteiger partial charge >= 0.3 is 0 Å². The minimum atomic E-state index is -0.908. The van der Waals surface area contributed by atoms with E-state index < -0.39 is 5.54 Å². The molecule has 2 heteroatoms. The fourth-order valence-electron chi connectivity index (χ4n) is 1.69. The number of fused-ring (bicyclic) bond motifs is 1. The van der Waals surface area contributed by atoms with Crippen LogP contribution in [0.15, 0.2) is 36.4 Å². The number of hydrogen-bond acceptors (Lipinski definition) is 2. The van der Waals surface area contributed by atoms with Crippen LogP contribution in [0.4, 0.5) is 0 Å². The zero-order valence-electron chi connectivity index (χ0n) is 7.23. The van der Waals surface area contributed by atoms with Crippen LogP contribution in [0.2, 0.25) is 0 Å². The number of hydrogen-bond donors (Lipinski definition) is 1. The summed E-state index contributed by atoms with van der Waals surface area (Å²) in [4.78, 5) is 10.9. The van der Waals surface area contributed by atoms with Crippen LogP contribution in [0, 0.1) is 0 Å². The zero-order chi connectivity index (χ0) is 9.31. The lowest BCUT2D eigenvalue weighted by atomic mass is 9.83. The molecule has 13 heavy (non-hydrogen) atoms. The topological polar surface area (TPSA) is 43.1 Å². The molecule has 0 saturated heterocycles. The van der Waals surface area contributed by atoms with Crippen molar-refractivity contribution in [1.82, 2.24) is 0 Å².